The lowest BCUT2D eigenvalue weighted by Gasteiger charge is -2.21. The molecule has 158 valence electrons. The highest BCUT2D eigenvalue weighted by Crippen LogP contribution is 2.36. The van der Waals surface area contributed by atoms with Crippen LogP contribution in [0.2, 0.25) is 0 Å². The first-order valence-corrected chi connectivity index (χ1v) is 9.16. The molecule has 0 aromatic heterocycles. The standard InChI is InChI=1S/C20H19FN2O7/c1-2-22(11-13-4-3-5-14(21)8-13)19(24)12-30-20(25)15-9-17-18(29-7-6-28-17)10-16(15)23(26)27/h3-5,8-10H,2,6-7,11-12H2,1H3. The molecule has 0 aliphatic carbocycles. The highest BCUT2D eigenvalue weighted by atomic mass is 19.1. The van der Waals surface area contributed by atoms with Crippen molar-refractivity contribution in [2.45, 2.75) is 13.5 Å². The zero-order chi connectivity index (χ0) is 21.7. The summed E-state index contributed by atoms with van der Waals surface area (Å²) in [4.78, 5) is 36.8. The number of rotatable bonds is 7. The van der Waals surface area contributed by atoms with Crippen LogP contribution in [0.3, 0.4) is 0 Å². The third-order valence-electron chi connectivity index (χ3n) is 4.40. The van der Waals surface area contributed by atoms with Crippen LogP contribution >= 0.6 is 0 Å². The lowest BCUT2D eigenvalue weighted by atomic mass is 10.1. The van der Waals surface area contributed by atoms with Crippen LogP contribution in [0.1, 0.15) is 22.8 Å². The Labute approximate surface area is 171 Å². The number of nitrogens with zero attached hydrogens (tertiary/aromatic N) is 2. The molecule has 0 unspecified atom stereocenters. The van der Waals surface area contributed by atoms with Crippen molar-refractivity contribution in [3.8, 4) is 11.5 Å². The van der Waals surface area contributed by atoms with Crippen LogP contribution in [0.4, 0.5) is 10.1 Å². The SMILES string of the molecule is CCN(Cc1cccc(F)c1)C(=O)COC(=O)c1cc2c(cc1[N+](=O)[O-])OCCO2. The fourth-order valence-electron chi connectivity index (χ4n) is 2.92. The molecule has 10 heteroatoms. The zero-order valence-electron chi connectivity index (χ0n) is 16.1. The number of ether oxygens (including phenoxy) is 3. The van der Waals surface area contributed by atoms with Crippen molar-refractivity contribution in [1.82, 2.24) is 4.90 Å². The number of hydrogen-bond donors (Lipinski definition) is 0. The molecule has 0 fully saturated rings. The largest absolute Gasteiger partial charge is 0.486 e. The Morgan fingerprint density at radius 3 is 2.53 bits per heavy atom. The number of nitro benzene ring substituents is 1. The number of likely N-dealkylation sites (N-methyl/N-ethyl adjacent to an activating group) is 1. The molecule has 0 N–H and O–H groups in total. The van der Waals surface area contributed by atoms with Crippen LogP contribution in [-0.4, -0.2) is 48.1 Å². The van der Waals surface area contributed by atoms with E-state index >= 15 is 0 Å². The van der Waals surface area contributed by atoms with Gasteiger partial charge in [-0.15, -0.1) is 0 Å². The molecule has 9 nitrogen and oxygen atoms in total. The molecule has 0 atom stereocenters. The van der Waals surface area contributed by atoms with E-state index in [0.29, 0.717) is 12.1 Å². The second-order valence-corrected chi connectivity index (χ2v) is 6.38. The van der Waals surface area contributed by atoms with E-state index in [2.05, 4.69) is 0 Å². The van der Waals surface area contributed by atoms with E-state index in [1.54, 1.807) is 13.0 Å². The van der Waals surface area contributed by atoms with Crippen LogP contribution in [-0.2, 0) is 16.1 Å². The summed E-state index contributed by atoms with van der Waals surface area (Å²) in [7, 11) is 0. The number of benzene rings is 2. The number of fused-ring (bicyclic) bond motifs is 1. The number of carbonyl (C=O) groups is 2. The van der Waals surface area contributed by atoms with Gasteiger partial charge in [-0.2, -0.15) is 0 Å². The molecular formula is C20H19FN2O7. The summed E-state index contributed by atoms with van der Waals surface area (Å²) in [5.74, 6) is -1.63. The van der Waals surface area contributed by atoms with E-state index in [1.807, 2.05) is 0 Å². The molecule has 1 amide bonds. The number of hydrogen-bond acceptors (Lipinski definition) is 7. The van der Waals surface area contributed by atoms with E-state index in [1.165, 1.54) is 29.2 Å². The lowest BCUT2D eigenvalue weighted by Crippen LogP contribution is -2.34. The molecule has 0 saturated carbocycles. The smallest absolute Gasteiger partial charge is 0.345 e. The first kappa shape index (κ1) is 21.0. The Balaban J connectivity index is 1.69. The monoisotopic (exact) mass is 418 g/mol. The Morgan fingerprint density at radius 1 is 1.20 bits per heavy atom. The number of carbonyl (C=O) groups excluding carboxylic acids is 2. The summed E-state index contributed by atoms with van der Waals surface area (Å²) in [6.07, 6.45) is 0. The van der Waals surface area contributed by atoms with Gasteiger partial charge in [0.15, 0.2) is 18.1 Å². The van der Waals surface area contributed by atoms with E-state index in [-0.39, 0.29) is 36.8 Å². The molecule has 2 aromatic rings. The van der Waals surface area contributed by atoms with Crippen molar-refractivity contribution in [3.63, 3.8) is 0 Å². The van der Waals surface area contributed by atoms with Crippen molar-refractivity contribution < 1.29 is 33.1 Å². The molecule has 1 heterocycles. The number of nitro groups is 1. The molecule has 0 bridgehead atoms. The highest BCUT2D eigenvalue weighted by Gasteiger charge is 2.28. The maximum absolute atomic E-state index is 13.3. The fourth-order valence-corrected chi connectivity index (χ4v) is 2.92. The van der Waals surface area contributed by atoms with Crippen molar-refractivity contribution in [1.29, 1.82) is 0 Å². The van der Waals surface area contributed by atoms with Crippen molar-refractivity contribution in [3.05, 3.63) is 63.5 Å². The minimum Gasteiger partial charge on any atom is -0.486 e. The summed E-state index contributed by atoms with van der Waals surface area (Å²) in [5, 5.41) is 11.3. The average Bonchev–Trinajstić information content (AvgIpc) is 2.74. The molecule has 1 aliphatic heterocycles. The topological polar surface area (TPSA) is 108 Å². The summed E-state index contributed by atoms with van der Waals surface area (Å²) >= 11 is 0. The van der Waals surface area contributed by atoms with Gasteiger partial charge in [0, 0.05) is 19.2 Å². The summed E-state index contributed by atoms with van der Waals surface area (Å²) < 4.78 is 29.0. The molecule has 30 heavy (non-hydrogen) atoms. The highest BCUT2D eigenvalue weighted by molar-refractivity contribution is 5.96. The maximum Gasteiger partial charge on any atom is 0.345 e. The maximum atomic E-state index is 13.3. The molecule has 2 aromatic carbocycles. The van der Waals surface area contributed by atoms with E-state index in [0.717, 1.165) is 6.07 Å². The Kier molecular flexibility index (Phi) is 6.45. The molecule has 3 rings (SSSR count). The van der Waals surface area contributed by atoms with Gasteiger partial charge in [0.05, 0.1) is 11.0 Å². The molecule has 0 spiro atoms. The van der Waals surface area contributed by atoms with Gasteiger partial charge in [-0.1, -0.05) is 12.1 Å². The zero-order valence-corrected chi connectivity index (χ0v) is 16.1. The lowest BCUT2D eigenvalue weighted by molar-refractivity contribution is -0.385. The van der Waals surface area contributed by atoms with Gasteiger partial charge in [0.25, 0.3) is 11.6 Å². The average molecular weight is 418 g/mol. The van der Waals surface area contributed by atoms with Gasteiger partial charge in [-0.3, -0.25) is 14.9 Å². The Hall–Kier alpha value is -3.69. The van der Waals surface area contributed by atoms with Crippen LogP contribution < -0.4 is 9.47 Å². The molecule has 1 aliphatic rings. The summed E-state index contributed by atoms with van der Waals surface area (Å²) in [5.41, 5.74) is -0.270. The van der Waals surface area contributed by atoms with E-state index in [4.69, 9.17) is 14.2 Å². The third kappa shape index (κ3) is 4.83. The van der Waals surface area contributed by atoms with Crippen LogP contribution in [0.5, 0.6) is 11.5 Å². The molecule has 0 radical (unpaired) electrons. The van der Waals surface area contributed by atoms with Gasteiger partial charge in [0.2, 0.25) is 0 Å². The summed E-state index contributed by atoms with van der Waals surface area (Å²) in [6, 6.07) is 8.07. The van der Waals surface area contributed by atoms with Crippen molar-refractivity contribution in [2.24, 2.45) is 0 Å². The number of esters is 1. The second-order valence-electron chi connectivity index (χ2n) is 6.38. The van der Waals surface area contributed by atoms with Gasteiger partial charge in [0.1, 0.15) is 24.6 Å². The summed E-state index contributed by atoms with van der Waals surface area (Å²) in [6.45, 7) is 2.02. The Bertz CT molecular complexity index is 980. The minimum atomic E-state index is -1.03. The first-order chi connectivity index (χ1) is 14.4. The normalized spacial score (nSPS) is 12.2. The van der Waals surface area contributed by atoms with Gasteiger partial charge >= 0.3 is 5.97 Å². The second kappa shape index (κ2) is 9.21. The van der Waals surface area contributed by atoms with Crippen molar-refractivity contribution >= 4 is 17.6 Å². The quantitative estimate of drug-likeness (QED) is 0.386. The number of amides is 1. The predicted molar refractivity (Wildman–Crippen MR) is 102 cm³/mol. The molecule has 0 saturated heterocycles. The minimum absolute atomic E-state index is 0.134. The van der Waals surface area contributed by atoms with Crippen LogP contribution in [0.15, 0.2) is 36.4 Å². The molecular weight excluding hydrogens is 399 g/mol. The van der Waals surface area contributed by atoms with E-state index < -0.39 is 34.9 Å². The fraction of sp³-hybridized carbons (Fsp3) is 0.300. The third-order valence-corrected chi connectivity index (χ3v) is 4.40. The predicted octanol–water partition coefficient (Wildman–Crippen LogP) is 2.71. The Morgan fingerprint density at radius 2 is 1.90 bits per heavy atom. The first-order valence-electron chi connectivity index (χ1n) is 9.16. The van der Waals surface area contributed by atoms with Crippen LogP contribution in [0, 0.1) is 15.9 Å². The van der Waals surface area contributed by atoms with Crippen LogP contribution in [0.25, 0.3) is 0 Å². The van der Waals surface area contributed by atoms with Gasteiger partial charge < -0.3 is 19.1 Å². The van der Waals surface area contributed by atoms with Gasteiger partial charge in [-0.05, 0) is 24.6 Å². The van der Waals surface area contributed by atoms with Crippen molar-refractivity contribution in [2.75, 3.05) is 26.4 Å². The number of halogens is 1. The van der Waals surface area contributed by atoms with E-state index in [9.17, 15) is 24.1 Å². The van der Waals surface area contributed by atoms with Gasteiger partial charge in [-0.25, -0.2) is 9.18 Å².